The van der Waals surface area contributed by atoms with Crippen LogP contribution in [-0.2, 0) is 11.3 Å². The predicted molar refractivity (Wildman–Crippen MR) is 71.9 cm³/mol. The molecule has 0 spiro atoms. The van der Waals surface area contributed by atoms with Gasteiger partial charge in [-0.15, -0.1) is 21.9 Å². The van der Waals surface area contributed by atoms with Crippen LogP contribution in [0.3, 0.4) is 0 Å². The molecule has 0 aliphatic heterocycles. The van der Waals surface area contributed by atoms with E-state index < -0.39 is 0 Å². The summed E-state index contributed by atoms with van der Waals surface area (Å²) in [6.07, 6.45) is 3.53. The predicted octanol–water partition coefficient (Wildman–Crippen LogP) is 0.831. The van der Waals surface area contributed by atoms with Gasteiger partial charge in [0.05, 0.1) is 6.54 Å². The number of nitrogens with zero attached hydrogens (tertiary/aromatic N) is 6. The van der Waals surface area contributed by atoms with Crippen LogP contribution >= 0.6 is 23.1 Å². The number of carbonyl (C=O) groups excluding carboxylic acids is 1. The average Bonchev–Trinajstić information content (AvgIpc) is 3.05. The van der Waals surface area contributed by atoms with Gasteiger partial charge in [-0.2, -0.15) is 0 Å². The van der Waals surface area contributed by atoms with Crippen molar-refractivity contribution in [3.63, 3.8) is 0 Å². The third kappa shape index (κ3) is 4.41. The molecule has 0 fully saturated rings. The number of aromatic nitrogens is 6. The number of hydrogen-bond donors (Lipinski definition) is 1. The molecule has 0 aromatic carbocycles. The molecule has 0 saturated heterocycles. The first-order valence-corrected chi connectivity index (χ1v) is 7.16. The smallest absolute Gasteiger partial charge is 0.228 e. The minimum Gasteiger partial charge on any atom is -0.300 e. The van der Waals surface area contributed by atoms with Gasteiger partial charge in [-0.25, -0.2) is 4.68 Å². The maximum absolute atomic E-state index is 11.7. The van der Waals surface area contributed by atoms with Gasteiger partial charge in [-0.1, -0.05) is 29.2 Å². The quantitative estimate of drug-likeness (QED) is 0.459. The number of aryl methyl sites for hydroxylation is 1. The summed E-state index contributed by atoms with van der Waals surface area (Å²) in [5.41, 5.74) is 0. The molecule has 2 heterocycles. The molecule has 100 valence electrons. The Morgan fingerprint density at radius 3 is 3.21 bits per heavy atom. The Morgan fingerprint density at radius 2 is 2.47 bits per heavy atom. The van der Waals surface area contributed by atoms with Gasteiger partial charge >= 0.3 is 0 Å². The van der Waals surface area contributed by atoms with Crippen molar-refractivity contribution >= 4 is 34.1 Å². The van der Waals surface area contributed by atoms with Gasteiger partial charge < -0.3 is 5.32 Å². The zero-order valence-electron chi connectivity index (χ0n) is 9.89. The number of rotatable bonds is 7. The average molecular weight is 297 g/mol. The molecule has 2 rings (SSSR count). The van der Waals surface area contributed by atoms with E-state index in [-0.39, 0.29) is 12.3 Å². The first kappa shape index (κ1) is 13.6. The maximum atomic E-state index is 11.7. The Morgan fingerprint density at radius 1 is 1.58 bits per heavy atom. The molecule has 1 N–H and O–H groups in total. The van der Waals surface area contributed by atoms with Gasteiger partial charge in [0, 0.05) is 12.2 Å². The second kappa shape index (κ2) is 6.95. The molecule has 19 heavy (non-hydrogen) atoms. The number of anilines is 1. The first-order chi connectivity index (χ1) is 9.28. The highest BCUT2D eigenvalue weighted by Crippen LogP contribution is 2.25. The van der Waals surface area contributed by atoms with Crippen molar-refractivity contribution in [1.29, 1.82) is 0 Å². The van der Waals surface area contributed by atoms with Crippen molar-refractivity contribution in [2.24, 2.45) is 0 Å². The molecule has 10 heteroatoms. The highest BCUT2D eigenvalue weighted by atomic mass is 32.2. The molecule has 0 radical (unpaired) electrons. The van der Waals surface area contributed by atoms with E-state index in [1.165, 1.54) is 34.1 Å². The summed E-state index contributed by atoms with van der Waals surface area (Å²) in [6, 6.07) is 0. The summed E-state index contributed by atoms with van der Waals surface area (Å²) in [7, 11) is 0. The Bertz CT molecular complexity index is 539. The van der Waals surface area contributed by atoms with Crippen LogP contribution in [0.15, 0.2) is 23.3 Å². The molecule has 2 aromatic heterocycles. The summed E-state index contributed by atoms with van der Waals surface area (Å²) in [5, 5.41) is 21.7. The van der Waals surface area contributed by atoms with Gasteiger partial charge in [0.15, 0.2) is 4.34 Å². The van der Waals surface area contributed by atoms with Crippen molar-refractivity contribution in [3.8, 4) is 0 Å². The lowest BCUT2D eigenvalue weighted by molar-refractivity contribution is -0.116. The van der Waals surface area contributed by atoms with E-state index >= 15 is 0 Å². The lowest BCUT2D eigenvalue weighted by Crippen LogP contribution is -2.14. The van der Waals surface area contributed by atoms with E-state index in [0.717, 1.165) is 10.1 Å². The van der Waals surface area contributed by atoms with Gasteiger partial charge in [0.2, 0.25) is 11.0 Å². The monoisotopic (exact) mass is 297 g/mol. The van der Waals surface area contributed by atoms with E-state index in [0.29, 0.717) is 11.7 Å². The van der Waals surface area contributed by atoms with Gasteiger partial charge in [0.25, 0.3) is 0 Å². The summed E-state index contributed by atoms with van der Waals surface area (Å²) in [5.74, 6) is 0.619. The van der Waals surface area contributed by atoms with Gasteiger partial charge in [0.1, 0.15) is 6.33 Å². The van der Waals surface area contributed by atoms with Crippen molar-refractivity contribution in [2.75, 3.05) is 11.1 Å². The fraction of sp³-hybridized carbons (Fsp3) is 0.333. The van der Waals surface area contributed by atoms with E-state index in [2.05, 4.69) is 37.6 Å². The molecular formula is C9H11N7OS2. The molecule has 0 unspecified atom stereocenters. The zero-order valence-corrected chi connectivity index (χ0v) is 11.5. The Hall–Kier alpha value is -1.81. The fourth-order valence-electron chi connectivity index (χ4n) is 1.13. The molecule has 8 nitrogen and oxygen atoms in total. The molecule has 0 bridgehead atoms. The van der Waals surface area contributed by atoms with E-state index in [9.17, 15) is 4.79 Å². The minimum atomic E-state index is -0.146. The SMILES string of the molecule is C=CCSc1nnc(NC(=O)CCn2cnnn2)s1. The Kier molecular flexibility index (Phi) is 4.98. The Balaban J connectivity index is 1.78. The normalized spacial score (nSPS) is 10.3. The van der Waals surface area contributed by atoms with Crippen LogP contribution in [0, 0.1) is 0 Å². The van der Waals surface area contributed by atoms with Crippen LogP contribution in [0.25, 0.3) is 0 Å². The zero-order chi connectivity index (χ0) is 13.5. The molecule has 0 aliphatic rings. The summed E-state index contributed by atoms with van der Waals surface area (Å²) in [6.45, 7) is 4.05. The number of carbonyl (C=O) groups is 1. The number of thioether (sulfide) groups is 1. The van der Waals surface area contributed by atoms with E-state index in [4.69, 9.17) is 0 Å². The third-order valence-corrected chi connectivity index (χ3v) is 3.90. The standard InChI is InChI=1S/C9H11N7OS2/c1-2-5-18-9-13-12-8(19-9)11-7(17)3-4-16-6-10-14-15-16/h2,6H,1,3-5H2,(H,11,12,17). The lowest BCUT2D eigenvalue weighted by Gasteiger charge is -1.99. The fourth-order valence-corrected chi connectivity index (χ4v) is 2.66. The van der Waals surface area contributed by atoms with Gasteiger partial charge in [-0.05, 0) is 10.4 Å². The van der Waals surface area contributed by atoms with Crippen molar-refractivity contribution in [2.45, 2.75) is 17.3 Å². The van der Waals surface area contributed by atoms with Crippen molar-refractivity contribution in [3.05, 3.63) is 19.0 Å². The van der Waals surface area contributed by atoms with Crippen LogP contribution in [0.5, 0.6) is 0 Å². The second-order valence-corrected chi connectivity index (χ2v) is 5.59. The molecule has 1 amide bonds. The first-order valence-electron chi connectivity index (χ1n) is 5.36. The highest BCUT2D eigenvalue weighted by molar-refractivity contribution is 8.01. The minimum absolute atomic E-state index is 0.146. The molecule has 0 aliphatic carbocycles. The number of hydrogen-bond acceptors (Lipinski definition) is 8. The number of amides is 1. The van der Waals surface area contributed by atoms with Crippen LogP contribution in [-0.4, -0.2) is 42.1 Å². The summed E-state index contributed by atoms with van der Waals surface area (Å²) >= 11 is 2.86. The third-order valence-electron chi connectivity index (χ3n) is 1.94. The molecule has 2 aromatic rings. The lowest BCUT2D eigenvalue weighted by atomic mass is 10.4. The Labute approximate surface area is 117 Å². The van der Waals surface area contributed by atoms with Crippen LogP contribution < -0.4 is 5.32 Å². The van der Waals surface area contributed by atoms with Crippen LogP contribution in [0.2, 0.25) is 0 Å². The van der Waals surface area contributed by atoms with Crippen LogP contribution in [0.1, 0.15) is 6.42 Å². The topological polar surface area (TPSA) is 98.5 Å². The second-order valence-electron chi connectivity index (χ2n) is 3.34. The van der Waals surface area contributed by atoms with E-state index in [1.807, 2.05) is 0 Å². The van der Waals surface area contributed by atoms with Crippen molar-refractivity contribution < 1.29 is 4.79 Å². The highest BCUT2D eigenvalue weighted by Gasteiger charge is 2.08. The molecule has 0 saturated carbocycles. The van der Waals surface area contributed by atoms with Gasteiger partial charge in [-0.3, -0.25) is 4.79 Å². The largest absolute Gasteiger partial charge is 0.300 e. The van der Waals surface area contributed by atoms with Crippen LogP contribution in [0.4, 0.5) is 5.13 Å². The summed E-state index contributed by atoms with van der Waals surface area (Å²) < 4.78 is 2.29. The number of tetrazole rings is 1. The molecular weight excluding hydrogens is 286 g/mol. The summed E-state index contributed by atoms with van der Waals surface area (Å²) in [4.78, 5) is 11.7. The van der Waals surface area contributed by atoms with E-state index in [1.54, 1.807) is 6.08 Å². The number of nitrogens with one attached hydrogen (secondary N) is 1. The maximum Gasteiger partial charge on any atom is 0.228 e. The van der Waals surface area contributed by atoms with Crippen molar-refractivity contribution in [1.82, 2.24) is 30.4 Å². The molecule has 0 atom stereocenters.